The zero-order valence-corrected chi connectivity index (χ0v) is 22.7. The van der Waals surface area contributed by atoms with E-state index in [1.807, 2.05) is 19.9 Å². The second-order valence-electron chi connectivity index (χ2n) is 9.04. The average Bonchev–Trinajstić information content (AvgIpc) is 3.37. The van der Waals surface area contributed by atoms with Crippen molar-refractivity contribution in [3.05, 3.63) is 56.3 Å². The number of carbonyl (C=O) groups excluding carboxylic acids is 2. The Morgan fingerprint density at radius 2 is 1.47 bits per heavy atom. The number of primary amides is 2. The van der Waals surface area contributed by atoms with Crippen molar-refractivity contribution in [1.82, 2.24) is 19.9 Å². The highest BCUT2D eigenvalue weighted by Crippen LogP contribution is 2.37. The lowest BCUT2D eigenvalue weighted by Crippen LogP contribution is -2.11. The Bertz CT molecular complexity index is 1770. The number of amides is 2. The number of benzene rings is 1. The molecule has 0 unspecified atom stereocenters. The molecule has 4 heterocycles. The minimum atomic E-state index is -0.587. The zero-order chi connectivity index (χ0) is 27.3. The fourth-order valence-corrected chi connectivity index (χ4v) is 6.67. The fraction of sp³-hybridized carbons (Fsp3) is 0.231. The quantitative estimate of drug-likeness (QED) is 0.236. The van der Waals surface area contributed by atoms with Crippen LogP contribution in [0.5, 0.6) is 0 Å². The highest BCUT2D eigenvalue weighted by Gasteiger charge is 2.22. The zero-order valence-electron chi connectivity index (χ0n) is 21.1. The van der Waals surface area contributed by atoms with Gasteiger partial charge in [-0.2, -0.15) is 0 Å². The largest absolute Gasteiger partial charge is 0.397 e. The summed E-state index contributed by atoms with van der Waals surface area (Å²) in [5, 5.41) is 1.30. The van der Waals surface area contributed by atoms with Crippen LogP contribution in [0.3, 0.4) is 0 Å². The van der Waals surface area contributed by atoms with Crippen molar-refractivity contribution < 1.29 is 9.59 Å². The molecular formula is C26H26N8O2S2. The number of thiophene rings is 2. The van der Waals surface area contributed by atoms with Crippen molar-refractivity contribution in [2.24, 2.45) is 11.5 Å². The molecule has 2 amide bonds. The van der Waals surface area contributed by atoms with E-state index in [2.05, 4.69) is 24.0 Å². The molecule has 5 rings (SSSR count). The van der Waals surface area contributed by atoms with Crippen LogP contribution in [0.1, 0.15) is 61.0 Å². The van der Waals surface area contributed by atoms with Crippen LogP contribution in [0.15, 0.2) is 18.2 Å². The SMILES string of the molecule is CCCc1ccc(-c2nc(C)c3c(N)c(C(N)=O)sc3n2)cc1Cc1nc(C)nc2sc(C(N)=O)c(N)c12. The molecular weight excluding hydrogens is 520 g/mol. The molecule has 10 nitrogen and oxygen atoms in total. The van der Waals surface area contributed by atoms with Gasteiger partial charge in [-0.05, 0) is 37.5 Å². The summed E-state index contributed by atoms with van der Waals surface area (Å²) in [5.74, 6) is -0.0646. The van der Waals surface area contributed by atoms with Gasteiger partial charge in [0.2, 0.25) is 0 Å². The minimum Gasteiger partial charge on any atom is -0.397 e. The third kappa shape index (κ3) is 4.31. The molecule has 5 aromatic rings. The molecule has 0 fully saturated rings. The van der Waals surface area contributed by atoms with Crippen LogP contribution in [0.25, 0.3) is 31.8 Å². The smallest absolute Gasteiger partial charge is 0.260 e. The molecule has 0 spiro atoms. The van der Waals surface area contributed by atoms with Gasteiger partial charge in [0.25, 0.3) is 11.8 Å². The first-order valence-corrected chi connectivity index (χ1v) is 13.6. The topological polar surface area (TPSA) is 190 Å². The van der Waals surface area contributed by atoms with Gasteiger partial charge in [-0.1, -0.05) is 25.5 Å². The van der Waals surface area contributed by atoms with E-state index in [0.29, 0.717) is 55.6 Å². The van der Waals surface area contributed by atoms with E-state index < -0.39 is 11.8 Å². The summed E-state index contributed by atoms with van der Waals surface area (Å²) < 4.78 is 0. The van der Waals surface area contributed by atoms with Crippen molar-refractivity contribution in [2.75, 3.05) is 11.5 Å². The number of fused-ring (bicyclic) bond motifs is 2. The summed E-state index contributed by atoms with van der Waals surface area (Å²) in [7, 11) is 0. The predicted molar refractivity (Wildman–Crippen MR) is 152 cm³/mol. The third-order valence-electron chi connectivity index (χ3n) is 6.33. The van der Waals surface area contributed by atoms with Crippen molar-refractivity contribution in [2.45, 2.75) is 40.0 Å². The molecule has 0 saturated heterocycles. The van der Waals surface area contributed by atoms with E-state index >= 15 is 0 Å². The van der Waals surface area contributed by atoms with Crippen molar-refractivity contribution >= 4 is 66.3 Å². The summed E-state index contributed by atoms with van der Waals surface area (Å²) >= 11 is 2.34. The number of nitrogen functional groups attached to an aromatic ring is 2. The first-order chi connectivity index (χ1) is 18.1. The Labute approximate surface area is 226 Å². The summed E-state index contributed by atoms with van der Waals surface area (Å²) in [6.07, 6.45) is 2.31. The molecule has 0 aliphatic carbocycles. The van der Waals surface area contributed by atoms with Gasteiger partial charge >= 0.3 is 0 Å². The molecule has 194 valence electrons. The average molecular weight is 547 g/mol. The van der Waals surface area contributed by atoms with Crippen molar-refractivity contribution in [3.63, 3.8) is 0 Å². The lowest BCUT2D eigenvalue weighted by atomic mass is 9.95. The normalized spacial score (nSPS) is 11.4. The first kappa shape index (κ1) is 25.5. The van der Waals surface area contributed by atoms with E-state index in [0.717, 1.165) is 41.0 Å². The standard InChI is InChI=1S/C26H26N8O2S2/c1-4-5-12-6-7-13(24-31-10(2)16-18(27)20(22(29)35)37-25(16)34-24)8-14(12)9-15-17-19(28)21(23(30)36)38-26(17)33-11(3)32-15/h6-8H,4-5,9,27-28H2,1-3H3,(H2,29,35)(H2,30,36). The van der Waals surface area contributed by atoms with Gasteiger partial charge in [-0.3, -0.25) is 9.59 Å². The van der Waals surface area contributed by atoms with Gasteiger partial charge in [0, 0.05) is 12.0 Å². The van der Waals surface area contributed by atoms with Gasteiger partial charge in [0.15, 0.2) is 5.82 Å². The Hall–Kier alpha value is -4.16. The van der Waals surface area contributed by atoms with E-state index in [1.165, 1.54) is 16.9 Å². The highest BCUT2D eigenvalue weighted by molar-refractivity contribution is 7.21. The van der Waals surface area contributed by atoms with Crippen LogP contribution in [0, 0.1) is 13.8 Å². The Morgan fingerprint density at radius 1 is 0.842 bits per heavy atom. The summed E-state index contributed by atoms with van der Waals surface area (Å²) in [6.45, 7) is 5.77. The molecule has 0 bridgehead atoms. The van der Waals surface area contributed by atoms with Gasteiger partial charge in [-0.25, -0.2) is 19.9 Å². The number of nitrogens with two attached hydrogens (primary N) is 4. The maximum absolute atomic E-state index is 11.9. The number of carbonyl (C=O) groups is 2. The van der Waals surface area contributed by atoms with Crippen LogP contribution in [0.2, 0.25) is 0 Å². The molecule has 12 heteroatoms. The number of rotatable bonds is 7. The van der Waals surface area contributed by atoms with Crippen LogP contribution in [-0.2, 0) is 12.8 Å². The van der Waals surface area contributed by atoms with Gasteiger partial charge in [-0.15, -0.1) is 22.7 Å². The van der Waals surface area contributed by atoms with Crippen molar-refractivity contribution in [1.29, 1.82) is 0 Å². The maximum atomic E-state index is 11.9. The van der Waals surface area contributed by atoms with Crippen LogP contribution < -0.4 is 22.9 Å². The second-order valence-corrected chi connectivity index (χ2v) is 11.0. The summed E-state index contributed by atoms with van der Waals surface area (Å²) in [4.78, 5) is 44.1. The molecule has 0 aliphatic heterocycles. The molecule has 4 aromatic heterocycles. The van der Waals surface area contributed by atoms with Gasteiger partial charge < -0.3 is 22.9 Å². The van der Waals surface area contributed by atoms with Crippen LogP contribution in [-0.4, -0.2) is 31.8 Å². The number of aromatic nitrogens is 4. The second kappa shape index (κ2) is 9.62. The molecule has 0 radical (unpaired) electrons. The van der Waals surface area contributed by atoms with Gasteiger partial charge in [0.1, 0.15) is 25.2 Å². The molecule has 1 aromatic carbocycles. The number of aryl methyl sites for hydroxylation is 3. The number of anilines is 2. The predicted octanol–water partition coefficient (Wildman–Crippen LogP) is 3.89. The summed E-state index contributed by atoms with van der Waals surface area (Å²) in [5.41, 5.74) is 28.6. The third-order valence-corrected chi connectivity index (χ3v) is 8.56. The fourth-order valence-electron chi connectivity index (χ4n) is 4.65. The summed E-state index contributed by atoms with van der Waals surface area (Å²) in [6, 6.07) is 6.12. The monoisotopic (exact) mass is 546 g/mol. The van der Waals surface area contributed by atoms with E-state index in [9.17, 15) is 9.59 Å². The molecule has 0 atom stereocenters. The van der Waals surface area contributed by atoms with E-state index in [-0.39, 0.29) is 9.75 Å². The Morgan fingerprint density at radius 3 is 2.11 bits per heavy atom. The molecule has 0 aliphatic rings. The first-order valence-electron chi connectivity index (χ1n) is 11.9. The molecule has 8 N–H and O–H groups in total. The number of hydrogen-bond acceptors (Lipinski definition) is 10. The maximum Gasteiger partial charge on any atom is 0.260 e. The van der Waals surface area contributed by atoms with Gasteiger partial charge in [0.05, 0.1) is 33.5 Å². The highest BCUT2D eigenvalue weighted by atomic mass is 32.1. The van der Waals surface area contributed by atoms with Crippen molar-refractivity contribution in [3.8, 4) is 11.4 Å². The molecule has 0 saturated carbocycles. The lowest BCUT2D eigenvalue weighted by molar-refractivity contribution is 0.0996. The molecule has 38 heavy (non-hydrogen) atoms. The van der Waals surface area contributed by atoms with E-state index in [4.69, 9.17) is 37.9 Å². The lowest BCUT2D eigenvalue weighted by Gasteiger charge is -2.13. The Kier molecular flexibility index (Phi) is 6.45. The van der Waals surface area contributed by atoms with E-state index in [1.54, 1.807) is 0 Å². The minimum absolute atomic E-state index is 0.278. The number of hydrogen-bond donors (Lipinski definition) is 4. The Balaban J connectivity index is 1.65. The van der Waals surface area contributed by atoms with Crippen LogP contribution in [0.4, 0.5) is 11.4 Å². The number of nitrogens with zero attached hydrogens (tertiary/aromatic N) is 4. The van der Waals surface area contributed by atoms with Crippen LogP contribution >= 0.6 is 22.7 Å².